The van der Waals surface area contributed by atoms with Crippen LogP contribution in [-0.4, -0.2) is 30.6 Å². The predicted molar refractivity (Wildman–Crippen MR) is 165 cm³/mol. The molecule has 1 fully saturated rings. The van der Waals surface area contributed by atoms with Crippen LogP contribution in [-0.2, 0) is 4.79 Å². The molecule has 0 aliphatic carbocycles. The minimum Gasteiger partial charge on any atom is -0.494 e. The first kappa shape index (κ1) is 28.5. The number of hydrogen-bond acceptors (Lipinski definition) is 10. The molecule has 210 valence electrons. The van der Waals surface area contributed by atoms with Crippen molar-refractivity contribution < 1.29 is 14.3 Å². The number of benzene rings is 2. The summed E-state index contributed by atoms with van der Waals surface area (Å²) in [4.78, 5) is 21.1. The molecule has 8 nitrogen and oxygen atoms in total. The molecule has 41 heavy (non-hydrogen) atoms. The van der Waals surface area contributed by atoms with Crippen LogP contribution in [0.1, 0.15) is 50.3 Å². The third kappa shape index (κ3) is 7.78. The fourth-order valence-corrected chi connectivity index (χ4v) is 6.41. The van der Waals surface area contributed by atoms with E-state index in [1.165, 1.54) is 53.7 Å². The average Bonchev–Trinajstić information content (AvgIpc) is 3.57. The second kappa shape index (κ2) is 14.0. The topological polar surface area (TPSA) is 100 Å². The van der Waals surface area contributed by atoms with Gasteiger partial charge in [0, 0.05) is 23.7 Å². The van der Waals surface area contributed by atoms with Crippen LogP contribution in [0.15, 0.2) is 70.4 Å². The van der Waals surface area contributed by atoms with Crippen LogP contribution in [0.2, 0.25) is 0 Å². The number of aromatic nitrogens is 1. The van der Waals surface area contributed by atoms with Crippen LogP contribution in [0.4, 0.5) is 16.5 Å². The van der Waals surface area contributed by atoms with Gasteiger partial charge in [0.25, 0.3) is 0 Å². The van der Waals surface area contributed by atoms with E-state index in [1.807, 2.05) is 24.3 Å². The number of esters is 1. The van der Waals surface area contributed by atoms with Crippen molar-refractivity contribution in [2.24, 2.45) is 10.2 Å². The van der Waals surface area contributed by atoms with Crippen LogP contribution >= 0.6 is 22.7 Å². The molecule has 0 radical (unpaired) electrons. The molecule has 0 spiro atoms. The number of nitrogens with zero attached hydrogens (tertiary/aromatic N) is 5. The Kier molecular flexibility index (Phi) is 9.73. The van der Waals surface area contributed by atoms with E-state index in [9.17, 15) is 10.1 Å². The van der Waals surface area contributed by atoms with E-state index in [2.05, 4.69) is 39.2 Å². The first-order valence-corrected chi connectivity index (χ1v) is 15.5. The summed E-state index contributed by atoms with van der Waals surface area (Å²) in [6.07, 6.45) is 8.57. The molecule has 4 aromatic rings. The molecule has 0 saturated carbocycles. The van der Waals surface area contributed by atoms with Gasteiger partial charge in [-0.05, 0) is 86.4 Å². The first-order valence-electron chi connectivity index (χ1n) is 13.9. The average molecular weight is 586 g/mol. The Morgan fingerprint density at radius 1 is 1.02 bits per heavy atom. The van der Waals surface area contributed by atoms with E-state index in [-0.39, 0.29) is 5.57 Å². The number of unbranched alkanes of at least 4 members (excludes halogenated alkanes) is 2. The van der Waals surface area contributed by atoms with Crippen molar-refractivity contribution in [2.45, 2.75) is 45.4 Å². The van der Waals surface area contributed by atoms with Gasteiger partial charge in [0.05, 0.1) is 17.0 Å². The molecule has 0 amide bonds. The Morgan fingerprint density at radius 2 is 1.78 bits per heavy atom. The number of ether oxygens (including phenoxy) is 2. The second-order valence-corrected chi connectivity index (χ2v) is 11.7. The molecule has 0 unspecified atom stereocenters. The summed E-state index contributed by atoms with van der Waals surface area (Å²) in [5, 5.41) is 18.8. The Morgan fingerprint density at radius 3 is 2.49 bits per heavy atom. The van der Waals surface area contributed by atoms with E-state index in [0.717, 1.165) is 52.4 Å². The highest BCUT2D eigenvalue weighted by Crippen LogP contribution is 2.36. The molecule has 0 atom stereocenters. The number of azo groups is 1. The van der Waals surface area contributed by atoms with Crippen molar-refractivity contribution in [2.75, 3.05) is 24.6 Å². The van der Waals surface area contributed by atoms with Crippen LogP contribution in [0.5, 0.6) is 11.5 Å². The quantitative estimate of drug-likeness (QED) is 0.0435. The summed E-state index contributed by atoms with van der Waals surface area (Å²) < 4.78 is 12.0. The lowest BCUT2D eigenvalue weighted by Gasteiger charge is -2.28. The lowest BCUT2D eigenvalue weighted by atomic mass is 10.1. The van der Waals surface area contributed by atoms with E-state index < -0.39 is 5.97 Å². The van der Waals surface area contributed by atoms with Gasteiger partial charge < -0.3 is 14.4 Å². The number of carbonyl (C=O) groups excluding carboxylic acids is 1. The highest BCUT2D eigenvalue weighted by atomic mass is 32.1. The molecule has 1 aliphatic rings. The summed E-state index contributed by atoms with van der Waals surface area (Å²) in [6, 6.07) is 18.8. The van der Waals surface area contributed by atoms with Crippen molar-refractivity contribution >= 4 is 60.8 Å². The maximum atomic E-state index is 12.6. The van der Waals surface area contributed by atoms with Gasteiger partial charge in [0.1, 0.15) is 28.0 Å². The Hall–Kier alpha value is -4.07. The number of nitriles is 1. The van der Waals surface area contributed by atoms with Crippen molar-refractivity contribution in [3.05, 3.63) is 65.0 Å². The highest BCUT2D eigenvalue weighted by molar-refractivity contribution is 7.29. The first-order chi connectivity index (χ1) is 20.1. The largest absolute Gasteiger partial charge is 0.494 e. The fraction of sp³-hybridized carbons (Fsp3) is 0.323. The van der Waals surface area contributed by atoms with Gasteiger partial charge in [-0.3, -0.25) is 0 Å². The smallest absolute Gasteiger partial charge is 0.354 e. The molecular weight excluding hydrogens is 555 g/mol. The fourth-order valence-electron chi connectivity index (χ4n) is 4.43. The van der Waals surface area contributed by atoms with Crippen molar-refractivity contribution in [1.82, 2.24) is 4.98 Å². The summed E-state index contributed by atoms with van der Waals surface area (Å²) in [5.41, 5.74) is 1.91. The van der Waals surface area contributed by atoms with Gasteiger partial charge in [-0.1, -0.05) is 31.1 Å². The Balaban J connectivity index is 1.18. The van der Waals surface area contributed by atoms with E-state index in [1.54, 1.807) is 24.3 Å². The Bertz CT molecular complexity index is 1530. The third-order valence-corrected chi connectivity index (χ3v) is 8.59. The van der Waals surface area contributed by atoms with E-state index in [4.69, 9.17) is 9.47 Å². The minimum absolute atomic E-state index is 0.0910. The molecule has 10 heteroatoms. The summed E-state index contributed by atoms with van der Waals surface area (Å²) in [5.74, 6) is 0.351. The van der Waals surface area contributed by atoms with Gasteiger partial charge in [-0.2, -0.15) is 5.26 Å². The normalized spacial score (nSPS) is 14.0. The van der Waals surface area contributed by atoms with Gasteiger partial charge in [-0.15, -0.1) is 21.6 Å². The zero-order valence-corrected chi connectivity index (χ0v) is 24.5. The third-order valence-electron chi connectivity index (χ3n) is 6.60. The van der Waals surface area contributed by atoms with Gasteiger partial charge in [0.2, 0.25) is 5.13 Å². The number of hydrogen-bond donors (Lipinski definition) is 0. The molecular formula is C31H31N5O3S2. The lowest BCUT2D eigenvalue weighted by molar-refractivity contribution is -0.129. The second-order valence-electron chi connectivity index (χ2n) is 9.67. The van der Waals surface area contributed by atoms with E-state index in [0.29, 0.717) is 23.2 Å². The van der Waals surface area contributed by atoms with Crippen LogP contribution in [0.25, 0.3) is 15.6 Å². The van der Waals surface area contributed by atoms with Gasteiger partial charge in [0.15, 0.2) is 0 Å². The number of fused-ring (bicyclic) bond motifs is 1. The van der Waals surface area contributed by atoms with Crippen molar-refractivity contribution in [3.63, 3.8) is 0 Å². The SMILES string of the molecule is CCCCCOc1ccc(OC(=O)/C(C#N)=C/c2cc3sc(N=Nc4ccc(N5CCCCC5)cc4)nc3s2)cc1. The predicted octanol–water partition coefficient (Wildman–Crippen LogP) is 8.85. The minimum atomic E-state index is -0.713. The number of thiophene rings is 1. The number of carbonyl (C=O) groups is 1. The monoisotopic (exact) mass is 585 g/mol. The molecule has 2 aromatic carbocycles. The summed E-state index contributed by atoms with van der Waals surface area (Å²) in [7, 11) is 0. The van der Waals surface area contributed by atoms with Crippen LogP contribution < -0.4 is 14.4 Å². The molecule has 0 bridgehead atoms. The standard InChI is InChI=1S/C31H31N5O3S2/c1-2-3-7-18-38-25-12-14-26(15-13-25)39-30(37)22(21-32)19-27-20-28-29(40-27)33-31(41-28)35-34-23-8-10-24(11-9-23)36-16-5-4-6-17-36/h8-15,19-20H,2-7,16-18H2,1H3/b22-19+,35-34?. The number of rotatable bonds is 11. The van der Waals surface area contributed by atoms with Gasteiger partial charge in [-0.25, -0.2) is 9.78 Å². The molecule has 2 aromatic heterocycles. The lowest BCUT2D eigenvalue weighted by Crippen LogP contribution is -2.29. The molecule has 1 aliphatic heterocycles. The zero-order valence-electron chi connectivity index (χ0n) is 22.9. The number of thiazole rings is 1. The molecule has 5 rings (SSSR count). The molecule has 3 heterocycles. The van der Waals surface area contributed by atoms with Gasteiger partial charge >= 0.3 is 5.97 Å². The molecule has 1 saturated heterocycles. The maximum absolute atomic E-state index is 12.6. The maximum Gasteiger partial charge on any atom is 0.354 e. The number of piperidine rings is 1. The summed E-state index contributed by atoms with van der Waals surface area (Å²) >= 11 is 2.79. The van der Waals surface area contributed by atoms with Crippen molar-refractivity contribution in [3.8, 4) is 17.6 Å². The number of anilines is 1. The summed E-state index contributed by atoms with van der Waals surface area (Å²) in [6.45, 7) is 5.01. The van der Waals surface area contributed by atoms with Crippen LogP contribution in [0, 0.1) is 11.3 Å². The highest BCUT2D eigenvalue weighted by Gasteiger charge is 2.15. The Labute approximate surface area is 247 Å². The van der Waals surface area contributed by atoms with Crippen molar-refractivity contribution in [1.29, 1.82) is 5.26 Å². The molecule has 0 N–H and O–H groups in total. The van der Waals surface area contributed by atoms with E-state index >= 15 is 0 Å². The zero-order chi connectivity index (χ0) is 28.4. The van der Waals surface area contributed by atoms with Crippen LogP contribution in [0.3, 0.4) is 0 Å².